The number of anilines is 1. The van der Waals surface area contributed by atoms with Gasteiger partial charge >= 0.3 is 6.18 Å². The predicted octanol–water partition coefficient (Wildman–Crippen LogP) is 3.99. The third-order valence-electron chi connectivity index (χ3n) is 6.79. The molecule has 2 atom stereocenters. The molecule has 0 aliphatic carbocycles. The maximum absolute atomic E-state index is 15.0. The topological polar surface area (TPSA) is 145 Å². The summed E-state index contributed by atoms with van der Waals surface area (Å²) in [5.74, 6) is -2.12. The molecule has 3 aromatic heterocycles. The third kappa shape index (κ3) is 5.91. The number of alkyl halides is 4. The summed E-state index contributed by atoms with van der Waals surface area (Å²) in [6.45, 7) is -0.941. The van der Waals surface area contributed by atoms with Crippen molar-refractivity contribution in [3.63, 3.8) is 0 Å². The van der Waals surface area contributed by atoms with E-state index >= 15 is 4.39 Å². The van der Waals surface area contributed by atoms with E-state index in [9.17, 15) is 26.4 Å². The zero-order valence-electron chi connectivity index (χ0n) is 21.9. The van der Waals surface area contributed by atoms with Gasteiger partial charge in [-0.2, -0.15) is 22.6 Å². The number of nitrogens with zero attached hydrogens (tertiary/aromatic N) is 5. The van der Waals surface area contributed by atoms with Crippen LogP contribution in [0.1, 0.15) is 21.5 Å². The smallest absolute Gasteiger partial charge is 0.418 e. The summed E-state index contributed by atoms with van der Waals surface area (Å²) >= 11 is 12.2. The highest BCUT2D eigenvalue weighted by Gasteiger charge is 2.41. The molecule has 11 nitrogen and oxygen atoms in total. The van der Waals surface area contributed by atoms with Crippen LogP contribution in [0.25, 0.3) is 16.8 Å². The van der Waals surface area contributed by atoms with Crippen molar-refractivity contribution in [1.82, 2.24) is 29.2 Å². The van der Waals surface area contributed by atoms with Crippen molar-refractivity contribution in [2.75, 3.05) is 25.9 Å². The van der Waals surface area contributed by atoms with Gasteiger partial charge in [-0.3, -0.25) is 4.79 Å². The molecule has 5 rings (SSSR count). The minimum Gasteiger partial charge on any atom is -0.480 e. The molecule has 1 saturated heterocycles. The first-order chi connectivity index (χ1) is 20.2. The molecule has 0 radical (unpaired) electrons. The number of fused-ring (bicyclic) bond motifs is 1. The van der Waals surface area contributed by atoms with E-state index in [0.29, 0.717) is 0 Å². The molecule has 4 aromatic rings. The van der Waals surface area contributed by atoms with Crippen molar-refractivity contribution in [2.45, 2.75) is 24.1 Å². The molecule has 43 heavy (non-hydrogen) atoms. The first-order valence-corrected chi connectivity index (χ1v) is 14.7. The molecule has 4 heterocycles. The Kier molecular flexibility index (Phi) is 8.15. The molecule has 0 bridgehead atoms. The van der Waals surface area contributed by atoms with Gasteiger partial charge in [0.25, 0.3) is 5.91 Å². The third-order valence-corrected chi connectivity index (χ3v) is 9.23. The highest BCUT2D eigenvalue weighted by Crippen LogP contribution is 2.39. The Morgan fingerprint density at radius 3 is 2.53 bits per heavy atom. The summed E-state index contributed by atoms with van der Waals surface area (Å²) in [6.07, 6.45) is -4.45. The maximum Gasteiger partial charge on any atom is 0.418 e. The Hall–Kier alpha value is -3.73. The van der Waals surface area contributed by atoms with Crippen LogP contribution in [0.2, 0.25) is 10.0 Å². The van der Waals surface area contributed by atoms with Gasteiger partial charge in [-0.15, -0.1) is 0 Å². The summed E-state index contributed by atoms with van der Waals surface area (Å²) in [5.41, 5.74) is 3.93. The molecule has 228 valence electrons. The van der Waals surface area contributed by atoms with Gasteiger partial charge < -0.3 is 15.8 Å². The lowest BCUT2D eigenvalue weighted by atomic mass is 10.1. The van der Waals surface area contributed by atoms with Crippen molar-refractivity contribution < 1.29 is 35.5 Å². The number of carbonyl (C=O) groups is 1. The van der Waals surface area contributed by atoms with Crippen molar-refractivity contribution in [1.29, 1.82) is 0 Å². The summed E-state index contributed by atoms with van der Waals surface area (Å²) in [7, 11) is -2.88. The van der Waals surface area contributed by atoms with Crippen LogP contribution in [0, 0.1) is 0 Å². The number of hydrogen-bond donors (Lipinski definition) is 2. The Morgan fingerprint density at radius 2 is 1.88 bits per heavy atom. The molecule has 3 N–H and O–H groups in total. The number of benzene rings is 1. The van der Waals surface area contributed by atoms with Crippen molar-refractivity contribution in [2.24, 2.45) is 0 Å². The molecule has 1 amide bonds. The van der Waals surface area contributed by atoms with Crippen molar-refractivity contribution >= 4 is 50.5 Å². The van der Waals surface area contributed by atoms with Gasteiger partial charge in [-0.05, 0) is 24.3 Å². The summed E-state index contributed by atoms with van der Waals surface area (Å²) in [4.78, 5) is 21.0. The maximum atomic E-state index is 15.0. The lowest BCUT2D eigenvalue weighted by molar-refractivity contribution is -0.136. The molecule has 1 aliphatic heterocycles. The summed E-state index contributed by atoms with van der Waals surface area (Å²) < 4.78 is 89.4. The van der Waals surface area contributed by atoms with Crippen LogP contribution >= 0.6 is 23.2 Å². The van der Waals surface area contributed by atoms with Gasteiger partial charge in [-0.1, -0.05) is 29.3 Å². The van der Waals surface area contributed by atoms with E-state index in [0.717, 1.165) is 27.4 Å². The largest absolute Gasteiger partial charge is 0.480 e. The predicted molar refractivity (Wildman–Crippen MR) is 149 cm³/mol. The second-order valence-corrected chi connectivity index (χ2v) is 12.3. The van der Waals surface area contributed by atoms with Crippen molar-refractivity contribution in [3.8, 4) is 17.1 Å². The van der Waals surface area contributed by atoms with Crippen LogP contribution in [0.15, 0.2) is 42.9 Å². The molecule has 1 aliphatic rings. The average molecular weight is 662 g/mol. The fourth-order valence-corrected chi connectivity index (χ4v) is 7.00. The van der Waals surface area contributed by atoms with Crippen LogP contribution in [-0.2, 0) is 22.0 Å². The number of sulfonamides is 1. The lowest BCUT2D eigenvalue weighted by Gasteiger charge is -2.18. The van der Waals surface area contributed by atoms with E-state index in [4.69, 9.17) is 33.7 Å². The zero-order chi connectivity index (χ0) is 31.3. The van der Waals surface area contributed by atoms with Crippen LogP contribution in [0.3, 0.4) is 0 Å². The van der Waals surface area contributed by atoms with Gasteiger partial charge in [0.15, 0.2) is 5.82 Å². The molecule has 0 unspecified atom stereocenters. The average Bonchev–Trinajstić information content (AvgIpc) is 3.53. The second-order valence-electron chi connectivity index (χ2n) is 9.50. The molecular formula is C25H21Cl2F4N7O4S. The number of halogens is 6. The van der Waals surface area contributed by atoms with E-state index < -0.39 is 70.1 Å². The Balaban J connectivity index is 1.42. The number of ether oxygens (including phenoxy) is 1. The lowest BCUT2D eigenvalue weighted by Crippen LogP contribution is -2.42. The minimum absolute atomic E-state index is 0.0265. The molecule has 1 aromatic carbocycles. The van der Waals surface area contributed by atoms with Gasteiger partial charge in [0.05, 0.1) is 30.2 Å². The first kappa shape index (κ1) is 30.7. The number of rotatable bonds is 7. The summed E-state index contributed by atoms with van der Waals surface area (Å²) in [6, 6.07) is 5.21. The van der Waals surface area contributed by atoms with Crippen LogP contribution in [-0.4, -0.2) is 70.6 Å². The summed E-state index contributed by atoms with van der Waals surface area (Å²) in [5, 5.41) is 6.57. The molecular weight excluding hydrogens is 641 g/mol. The van der Waals surface area contributed by atoms with Crippen LogP contribution in [0.4, 0.5) is 23.4 Å². The quantitative estimate of drug-likeness (QED) is 0.283. The van der Waals surface area contributed by atoms with Gasteiger partial charge in [0.2, 0.25) is 15.9 Å². The number of hydrogen-bond acceptors (Lipinski definition) is 8. The Labute approximate surface area is 251 Å². The van der Waals surface area contributed by atoms with Gasteiger partial charge in [0.1, 0.15) is 23.6 Å². The second kappa shape index (κ2) is 11.4. The van der Waals surface area contributed by atoms with Crippen molar-refractivity contribution in [3.05, 3.63) is 69.6 Å². The SMILES string of the molecule is COc1ncc(-c2cc(C(F)(F)F)c3c(N)ncnn23)cc1C(=O)N[C@@H]1CN(S(=O)(=O)Cc2c(Cl)cccc2Cl)C[C@@H]1F. The number of aromatic nitrogens is 4. The van der Waals surface area contributed by atoms with E-state index in [-0.39, 0.29) is 38.3 Å². The standard InChI is InChI=1S/C25H21Cl2F4N7O4S/c1-42-24-13(5-12(7-33-24)20-6-15(25(29,30)31)21-22(32)34-11-35-38(20)21)23(39)36-19-9-37(8-18(19)28)43(40,41)10-14-16(26)3-2-4-17(14)27/h2-7,11,18-19H,8-10H2,1H3,(H,36,39)(H2,32,34,35)/t18-,19+/m0/s1. The number of carbonyl (C=O) groups excluding carboxylic acids is 1. The van der Waals surface area contributed by atoms with Gasteiger partial charge in [0, 0.05) is 40.5 Å². The number of methoxy groups -OCH3 is 1. The number of amides is 1. The highest BCUT2D eigenvalue weighted by molar-refractivity contribution is 7.88. The number of nitrogens with one attached hydrogen (secondary N) is 1. The fourth-order valence-electron chi connectivity index (χ4n) is 4.69. The number of nitrogen functional groups attached to an aromatic ring is 1. The normalized spacial score (nSPS) is 17.8. The van der Waals surface area contributed by atoms with Gasteiger partial charge in [-0.25, -0.2) is 27.3 Å². The fraction of sp³-hybridized carbons (Fsp3) is 0.280. The minimum atomic E-state index is -4.80. The Bertz CT molecular complexity index is 1820. The van der Waals surface area contributed by atoms with E-state index in [2.05, 4.69) is 20.4 Å². The highest BCUT2D eigenvalue weighted by atomic mass is 35.5. The van der Waals surface area contributed by atoms with Crippen LogP contribution in [0.5, 0.6) is 5.88 Å². The van der Waals surface area contributed by atoms with E-state index in [1.54, 1.807) is 6.07 Å². The van der Waals surface area contributed by atoms with E-state index in [1.807, 2.05) is 0 Å². The van der Waals surface area contributed by atoms with Crippen LogP contribution < -0.4 is 15.8 Å². The monoisotopic (exact) mass is 661 g/mol. The first-order valence-electron chi connectivity index (χ1n) is 12.3. The Morgan fingerprint density at radius 1 is 1.19 bits per heavy atom. The number of pyridine rings is 1. The number of nitrogens with two attached hydrogens (primary N) is 1. The molecule has 1 fully saturated rings. The molecule has 18 heteroatoms. The molecule has 0 saturated carbocycles. The van der Waals surface area contributed by atoms with E-state index in [1.165, 1.54) is 25.3 Å². The zero-order valence-corrected chi connectivity index (χ0v) is 24.3. The molecule has 0 spiro atoms.